The molecule has 9 aromatic carbocycles. The number of para-hydroxylation sites is 2. The second-order valence-corrected chi connectivity index (χ2v) is 18.1. The molecule has 0 aliphatic carbocycles. The van der Waals surface area contributed by atoms with Crippen LogP contribution in [0.4, 0.5) is 17.1 Å². The average Bonchev–Trinajstić information content (AvgIpc) is 3.72. The van der Waals surface area contributed by atoms with Gasteiger partial charge in [0.15, 0.2) is 5.58 Å². The van der Waals surface area contributed by atoms with Gasteiger partial charge in [-0.3, -0.25) is 0 Å². The Morgan fingerprint density at radius 2 is 0.922 bits per heavy atom. The Hall–Kier alpha value is -7.76. The van der Waals surface area contributed by atoms with Crippen LogP contribution in [0, 0.1) is 6.92 Å². The Kier molecular flexibility index (Phi) is 8.71. The van der Waals surface area contributed by atoms with E-state index in [9.17, 15) is 0 Å². The van der Waals surface area contributed by atoms with E-state index in [0.29, 0.717) is 0 Å². The summed E-state index contributed by atoms with van der Waals surface area (Å²) >= 11 is 0. The Labute approximate surface area is 374 Å². The number of nitrogens with zero attached hydrogens (tertiary/aromatic N) is 1. The normalized spacial score (nSPS) is 12.6. The van der Waals surface area contributed by atoms with Crippen LogP contribution in [-0.4, -0.2) is 6.71 Å². The minimum absolute atomic E-state index is 0.104. The average molecular weight is 826 g/mol. The summed E-state index contributed by atoms with van der Waals surface area (Å²) in [6.07, 6.45) is 0. The third-order valence-corrected chi connectivity index (χ3v) is 13.0. The zero-order chi connectivity index (χ0) is 43.1. The van der Waals surface area contributed by atoms with Crippen LogP contribution >= 0.6 is 0 Å². The molecule has 10 aromatic rings. The molecule has 4 nitrogen and oxygen atoms in total. The van der Waals surface area contributed by atoms with Crippen molar-refractivity contribution in [1.82, 2.24) is 0 Å². The molecule has 3 heterocycles. The quantitative estimate of drug-likeness (QED) is 0.156. The first-order valence-corrected chi connectivity index (χ1v) is 22.1. The number of anilines is 3. The zero-order valence-corrected chi connectivity index (χ0v) is 36.2. The van der Waals surface area contributed by atoms with Crippen LogP contribution in [0.15, 0.2) is 199 Å². The van der Waals surface area contributed by atoms with Crippen LogP contribution < -0.4 is 30.8 Å². The van der Waals surface area contributed by atoms with Gasteiger partial charge in [-0.15, -0.1) is 0 Å². The molecule has 0 spiro atoms. The predicted molar refractivity (Wildman–Crippen MR) is 266 cm³/mol. The molecular formula is C59H44BNO3. The number of fused-ring (bicyclic) bond motifs is 7. The lowest BCUT2D eigenvalue weighted by atomic mass is 9.34. The lowest BCUT2D eigenvalue weighted by Gasteiger charge is -2.35. The molecule has 2 aliphatic heterocycles. The van der Waals surface area contributed by atoms with E-state index < -0.39 is 0 Å². The summed E-state index contributed by atoms with van der Waals surface area (Å²) < 4.78 is 21.4. The summed E-state index contributed by atoms with van der Waals surface area (Å²) in [6.45, 7) is 8.81. The van der Waals surface area contributed by atoms with Gasteiger partial charge < -0.3 is 18.8 Å². The van der Waals surface area contributed by atoms with Crippen LogP contribution in [0.2, 0.25) is 0 Å². The highest BCUT2D eigenvalue weighted by molar-refractivity contribution is 6.98. The van der Waals surface area contributed by atoms with Gasteiger partial charge in [0.1, 0.15) is 28.6 Å². The van der Waals surface area contributed by atoms with Crippen molar-refractivity contribution in [3.05, 3.63) is 205 Å². The SMILES string of the molecule is Cc1ccc(-c2ccccc2)cc1N(c1cc2c3c(c1)Oc1cc(-c4ccccc4)ccc1B3c1ccc(-c3ccccc3)cc1O2)c1cccc2c1oc1c(C(C)(C)C)cccc12. The van der Waals surface area contributed by atoms with Crippen molar-refractivity contribution in [1.29, 1.82) is 0 Å². The van der Waals surface area contributed by atoms with E-state index in [4.69, 9.17) is 13.9 Å². The highest BCUT2D eigenvalue weighted by Gasteiger charge is 2.41. The van der Waals surface area contributed by atoms with Gasteiger partial charge in [-0.05, 0) is 86.5 Å². The number of benzene rings is 9. The first-order valence-electron chi connectivity index (χ1n) is 22.1. The lowest BCUT2D eigenvalue weighted by molar-refractivity contribution is 0.465. The van der Waals surface area contributed by atoms with E-state index in [0.717, 1.165) is 117 Å². The van der Waals surface area contributed by atoms with E-state index >= 15 is 0 Å². The van der Waals surface area contributed by atoms with E-state index in [1.165, 1.54) is 5.56 Å². The predicted octanol–water partition coefficient (Wildman–Crippen LogP) is 14.4. The van der Waals surface area contributed by atoms with Gasteiger partial charge >= 0.3 is 0 Å². The molecule has 0 fully saturated rings. The fourth-order valence-electron chi connectivity index (χ4n) is 9.87. The highest BCUT2D eigenvalue weighted by Crippen LogP contribution is 2.48. The molecule has 0 saturated carbocycles. The first-order chi connectivity index (χ1) is 31.3. The molecule has 0 unspecified atom stereocenters. The maximum absolute atomic E-state index is 7.14. The Bertz CT molecular complexity index is 3330. The van der Waals surface area contributed by atoms with Crippen LogP contribution in [0.3, 0.4) is 0 Å². The van der Waals surface area contributed by atoms with Crippen molar-refractivity contribution in [2.75, 3.05) is 4.90 Å². The number of rotatable bonds is 6. The van der Waals surface area contributed by atoms with Crippen LogP contribution in [0.25, 0.3) is 55.3 Å². The standard InChI is InChI=1S/C59H44BNO3/c1-37-26-27-41(38-16-8-5-9-17-38)32-51(37)61(50-25-15-23-46-45-22-14-24-47(59(2,3)4)57(45)64-58(46)50)44-35-54-56-55(36-44)63-53-34-43(40-20-12-7-13-21-40)29-31-49(53)60(56)48-30-28-42(33-52(48)62-54)39-18-10-6-11-19-39/h5-36H,1-4H3. The molecular weight excluding hydrogens is 781 g/mol. The molecule has 64 heavy (non-hydrogen) atoms. The van der Waals surface area contributed by atoms with Gasteiger partial charge in [-0.2, -0.15) is 0 Å². The molecule has 0 N–H and O–H groups in total. The number of aryl methyl sites for hydroxylation is 1. The number of hydrogen-bond acceptors (Lipinski definition) is 4. The van der Waals surface area contributed by atoms with Gasteiger partial charge in [0, 0.05) is 39.6 Å². The van der Waals surface area contributed by atoms with Crippen LogP contribution in [0.5, 0.6) is 23.0 Å². The number of ether oxygens (including phenoxy) is 2. The summed E-state index contributed by atoms with van der Waals surface area (Å²) in [5, 5.41) is 2.17. The van der Waals surface area contributed by atoms with Gasteiger partial charge in [0.25, 0.3) is 6.71 Å². The second-order valence-electron chi connectivity index (χ2n) is 18.1. The van der Waals surface area contributed by atoms with E-state index in [2.05, 4.69) is 227 Å². The Morgan fingerprint density at radius 1 is 0.422 bits per heavy atom. The molecule has 0 atom stereocenters. The minimum atomic E-state index is -0.118. The molecule has 0 radical (unpaired) electrons. The molecule has 12 rings (SSSR count). The fraction of sp³-hybridized carbons (Fsp3) is 0.0847. The molecule has 0 bridgehead atoms. The smallest absolute Gasteiger partial charge is 0.260 e. The lowest BCUT2D eigenvalue weighted by Crippen LogP contribution is -2.57. The largest absolute Gasteiger partial charge is 0.458 e. The van der Waals surface area contributed by atoms with Gasteiger partial charge in [0.2, 0.25) is 0 Å². The van der Waals surface area contributed by atoms with Crippen LogP contribution in [0.1, 0.15) is 31.9 Å². The highest BCUT2D eigenvalue weighted by atomic mass is 16.5. The summed E-state index contributed by atoms with van der Waals surface area (Å²) in [5.74, 6) is 3.21. The summed E-state index contributed by atoms with van der Waals surface area (Å²) in [4.78, 5) is 2.34. The van der Waals surface area contributed by atoms with Gasteiger partial charge in [-0.1, -0.05) is 178 Å². The van der Waals surface area contributed by atoms with E-state index in [-0.39, 0.29) is 12.1 Å². The number of furan rings is 1. The van der Waals surface area contributed by atoms with Gasteiger partial charge in [-0.25, -0.2) is 0 Å². The van der Waals surface area contributed by atoms with E-state index in [1.54, 1.807) is 0 Å². The van der Waals surface area contributed by atoms with E-state index in [1.807, 2.05) is 0 Å². The maximum atomic E-state index is 7.14. The maximum Gasteiger partial charge on any atom is 0.260 e. The van der Waals surface area contributed by atoms with Gasteiger partial charge in [0.05, 0.1) is 11.4 Å². The Balaban J connectivity index is 1.11. The van der Waals surface area contributed by atoms with Crippen molar-refractivity contribution in [2.45, 2.75) is 33.1 Å². The Morgan fingerprint density at radius 3 is 1.47 bits per heavy atom. The fourth-order valence-corrected chi connectivity index (χ4v) is 9.87. The van der Waals surface area contributed by atoms with Crippen molar-refractivity contribution in [3.63, 3.8) is 0 Å². The first kappa shape index (κ1) is 38.0. The topological polar surface area (TPSA) is 34.8 Å². The summed E-state index contributed by atoms with van der Waals surface area (Å²) in [6, 6.07) is 69.1. The molecule has 1 aromatic heterocycles. The molecule has 306 valence electrons. The molecule has 0 saturated heterocycles. The number of hydrogen-bond donors (Lipinski definition) is 0. The molecule has 2 aliphatic rings. The van der Waals surface area contributed by atoms with Crippen molar-refractivity contribution in [3.8, 4) is 56.4 Å². The zero-order valence-electron chi connectivity index (χ0n) is 36.2. The second kappa shape index (κ2) is 14.7. The molecule has 0 amide bonds. The van der Waals surface area contributed by atoms with Crippen LogP contribution in [-0.2, 0) is 5.41 Å². The van der Waals surface area contributed by atoms with Crippen molar-refractivity contribution >= 4 is 62.1 Å². The summed E-state index contributed by atoms with van der Waals surface area (Å²) in [7, 11) is 0. The monoisotopic (exact) mass is 825 g/mol. The van der Waals surface area contributed by atoms with Crippen molar-refractivity contribution < 1.29 is 13.9 Å². The van der Waals surface area contributed by atoms with Crippen molar-refractivity contribution in [2.24, 2.45) is 0 Å². The molecule has 5 heteroatoms. The third kappa shape index (κ3) is 6.22. The minimum Gasteiger partial charge on any atom is -0.458 e. The summed E-state index contributed by atoms with van der Waals surface area (Å²) in [5.41, 5.74) is 16.8. The third-order valence-electron chi connectivity index (χ3n) is 13.0.